The highest BCUT2D eigenvalue weighted by molar-refractivity contribution is 7.26. The van der Waals surface area contributed by atoms with Crippen molar-refractivity contribution < 1.29 is 0 Å². The van der Waals surface area contributed by atoms with Gasteiger partial charge >= 0.3 is 0 Å². The second-order valence-electron chi connectivity index (χ2n) is 12.0. The highest BCUT2D eigenvalue weighted by Crippen LogP contribution is 2.51. The van der Waals surface area contributed by atoms with E-state index in [0.717, 1.165) is 45.0 Å². The van der Waals surface area contributed by atoms with Crippen LogP contribution in [0.4, 0.5) is 34.1 Å². The van der Waals surface area contributed by atoms with Crippen LogP contribution >= 0.6 is 11.3 Å². The molecule has 0 radical (unpaired) electrons. The van der Waals surface area contributed by atoms with Crippen LogP contribution in [0.1, 0.15) is 0 Å². The van der Waals surface area contributed by atoms with Gasteiger partial charge in [-0.3, -0.25) is 4.98 Å². The van der Waals surface area contributed by atoms with E-state index in [0.29, 0.717) is 0 Å². The molecule has 7 aromatic carbocycles. The fraction of sp³-hybridized carbons (Fsp3) is 0. The highest BCUT2D eigenvalue weighted by atomic mass is 32.1. The van der Waals surface area contributed by atoms with Gasteiger partial charge in [0.1, 0.15) is 0 Å². The van der Waals surface area contributed by atoms with Crippen molar-refractivity contribution in [3.8, 4) is 11.1 Å². The lowest BCUT2D eigenvalue weighted by molar-refractivity contribution is 1.26. The van der Waals surface area contributed by atoms with E-state index in [2.05, 4.69) is 192 Å². The molecular weight excluding hydrogens is 615 g/mol. The van der Waals surface area contributed by atoms with Crippen molar-refractivity contribution >= 4 is 76.5 Å². The molecule has 0 atom stereocenters. The SMILES string of the molecule is c1ccc(-c2ccccc2N(c2ccccc2)c2cc(N(c3ccccc3)c3ccccc3)cc3c2sc2cnc4ccccc4c23)cc1. The Labute approximate surface area is 289 Å². The number of thiophene rings is 1. The van der Waals surface area contributed by atoms with Crippen molar-refractivity contribution in [3.05, 3.63) is 188 Å². The van der Waals surface area contributed by atoms with Gasteiger partial charge in [-0.25, -0.2) is 0 Å². The number of aromatic nitrogens is 1. The predicted molar refractivity (Wildman–Crippen MR) is 209 cm³/mol. The zero-order valence-corrected chi connectivity index (χ0v) is 27.5. The summed E-state index contributed by atoms with van der Waals surface area (Å²) in [4.78, 5) is 9.69. The summed E-state index contributed by atoms with van der Waals surface area (Å²) in [6, 6.07) is 64.7. The van der Waals surface area contributed by atoms with Gasteiger partial charge < -0.3 is 9.80 Å². The molecule has 2 aromatic heterocycles. The van der Waals surface area contributed by atoms with E-state index in [9.17, 15) is 0 Å². The van der Waals surface area contributed by atoms with Gasteiger partial charge in [0.15, 0.2) is 0 Å². The monoisotopic (exact) mass is 645 g/mol. The third-order valence-electron chi connectivity index (χ3n) is 9.05. The summed E-state index contributed by atoms with van der Waals surface area (Å²) in [7, 11) is 0. The number of fused-ring (bicyclic) bond motifs is 5. The third kappa shape index (κ3) is 5.20. The fourth-order valence-electron chi connectivity index (χ4n) is 6.89. The van der Waals surface area contributed by atoms with Gasteiger partial charge in [-0.2, -0.15) is 0 Å². The van der Waals surface area contributed by atoms with Crippen molar-refractivity contribution in [1.29, 1.82) is 0 Å². The first kappa shape index (κ1) is 29.0. The summed E-state index contributed by atoms with van der Waals surface area (Å²) >= 11 is 1.81. The lowest BCUT2D eigenvalue weighted by Gasteiger charge is -2.31. The molecule has 49 heavy (non-hydrogen) atoms. The number of hydrogen-bond acceptors (Lipinski definition) is 4. The Bertz CT molecular complexity index is 2510. The number of pyridine rings is 1. The molecule has 0 bridgehead atoms. The van der Waals surface area contributed by atoms with E-state index in [4.69, 9.17) is 4.98 Å². The Kier molecular flexibility index (Phi) is 7.34. The topological polar surface area (TPSA) is 19.4 Å². The largest absolute Gasteiger partial charge is 0.310 e. The van der Waals surface area contributed by atoms with Crippen molar-refractivity contribution in [2.45, 2.75) is 0 Å². The first-order valence-electron chi connectivity index (χ1n) is 16.5. The molecule has 0 saturated heterocycles. The molecule has 9 rings (SSSR count). The zero-order valence-electron chi connectivity index (χ0n) is 26.6. The molecular formula is C45H31N3S. The molecule has 0 aliphatic rings. The lowest BCUT2D eigenvalue weighted by Crippen LogP contribution is -2.14. The van der Waals surface area contributed by atoms with Crippen molar-refractivity contribution in [2.75, 3.05) is 9.80 Å². The maximum Gasteiger partial charge on any atom is 0.0709 e. The molecule has 232 valence electrons. The Hall–Kier alpha value is -6.23. The van der Waals surface area contributed by atoms with E-state index in [-0.39, 0.29) is 0 Å². The first-order chi connectivity index (χ1) is 24.3. The Morgan fingerprint density at radius 2 is 0.980 bits per heavy atom. The molecule has 3 nitrogen and oxygen atoms in total. The highest BCUT2D eigenvalue weighted by Gasteiger charge is 2.24. The second kappa shape index (κ2) is 12.4. The van der Waals surface area contributed by atoms with E-state index >= 15 is 0 Å². The number of rotatable bonds is 7. The van der Waals surface area contributed by atoms with Crippen LogP contribution in [-0.2, 0) is 0 Å². The second-order valence-corrected chi connectivity index (χ2v) is 13.1. The Morgan fingerprint density at radius 3 is 1.65 bits per heavy atom. The van der Waals surface area contributed by atoms with E-state index in [1.165, 1.54) is 31.3 Å². The van der Waals surface area contributed by atoms with Gasteiger partial charge in [0, 0.05) is 50.7 Å². The summed E-state index contributed by atoms with van der Waals surface area (Å²) in [5.41, 5.74) is 9.94. The maximum atomic E-state index is 4.89. The smallest absolute Gasteiger partial charge is 0.0709 e. The molecule has 4 heteroatoms. The van der Waals surface area contributed by atoms with Crippen LogP contribution in [0.3, 0.4) is 0 Å². The summed E-state index contributed by atoms with van der Waals surface area (Å²) in [6.07, 6.45) is 2.04. The summed E-state index contributed by atoms with van der Waals surface area (Å²) in [6.45, 7) is 0. The standard InChI is InChI=1S/C45H31N3S/c1-5-17-32(18-6-1)37-25-14-16-28-41(37)48(35-23-11-4-12-24-35)42-30-36(47(33-19-7-2-8-20-33)34-21-9-3-10-22-34)29-39-44-38-26-13-15-27-40(38)46-31-43(44)49-45(39)42/h1-31H. The van der Waals surface area contributed by atoms with Crippen molar-refractivity contribution in [2.24, 2.45) is 0 Å². The predicted octanol–water partition coefficient (Wildman–Crippen LogP) is 13.2. The number of benzene rings is 7. The lowest BCUT2D eigenvalue weighted by atomic mass is 10.0. The summed E-state index contributed by atoms with van der Waals surface area (Å²) < 4.78 is 2.38. The summed E-state index contributed by atoms with van der Waals surface area (Å²) in [5.74, 6) is 0. The molecule has 0 amide bonds. The van der Waals surface area contributed by atoms with Crippen LogP contribution in [0, 0.1) is 0 Å². The zero-order chi connectivity index (χ0) is 32.6. The molecule has 0 aliphatic carbocycles. The van der Waals surface area contributed by atoms with E-state index in [1.54, 1.807) is 0 Å². The molecule has 2 heterocycles. The van der Waals surface area contributed by atoms with Crippen LogP contribution in [0.15, 0.2) is 188 Å². The van der Waals surface area contributed by atoms with Crippen molar-refractivity contribution in [1.82, 2.24) is 4.98 Å². The molecule has 0 aliphatic heterocycles. The Morgan fingerprint density at radius 1 is 0.429 bits per heavy atom. The molecule has 0 fully saturated rings. The van der Waals surface area contributed by atoms with Gasteiger partial charge in [0.2, 0.25) is 0 Å². The van der Waals surface area contributed by atoms with Gasteiger partial charge in [-0.05, 0) is 66.2 Å². The number of anilines is 6. The molecule has 0 saturated carbocycles. The molecule has 0 unspecified atom stereocenters. The average Bonchev–Trinajstić information content (AvgIpc) is 3.56. The van der Waals surface area contributed by atoms with Crippen LogP contribution in [-0.4, -0.2) is 4.98 Å². The van der Waals surface area contributed by atoms with Gasteiger partial charge in [-0.15, -0.1) is 11.3 Å². The number of para-hydroxylation sites is 5. The molecule has 0 N–H and O–H groups in total. The van der Waals surface area contributed by atoms with Crippen LogP contribution in [0.5, 0.6) is 0 Å². The van der Waals surface area contributed by atoms with Crippen LogP contribution in [0.2, 0.25) is 0 Å². The van der Waals surface area contributed by atoms with Crippen molar-refractivity contribution in [3.63, 3.8) is 0 Å². The van der Waals surface area contributed by atoms with E-state index < -0.39 is 0 Å². The van der Waals surface area contributed by atoms with E-state index in [1.807, 2.05) is 17.5 Å². The minimum absolute atomic E-state index is 0.999. The summed E-state index contributed by atoms with van der Waals surface area (Å²) in [5, 5.41) is 3.61. The molecule has 0 spiro atoms. The minimum atomic E-state index is 0.999. The maximum absolute atomic E-state index is 4.89. The average molecular weight is 646 g/mol. The number of nitrogens with zero attached hydrogens (tertiary/aromatic N) is 3. The van der Waals surface area contributed by atoms with Crippen LogP contribution < -0.4 is 9.80 Å². The Balaban J connectivity index is 1.42. The van der Waals surface area contributed by atoms with Crippen LogP contribution in [0.25, 0.3) is 42.2 Å². The number of hydrogen-bond donors (Lipinski definition) is 0. The quantitative estimate of drug-likeness (QED) is 0.172. The van der Waals surface area contributed by atoms with Gasteiger partial charge in [0.25, 0.3) is 0 Å². The first-order valence-corrected chi connectivity index (χ1v) is 17.3. The normalized spacial score (nSPS) is 11.3. The minimum Gasteiger partial charge on any atom is -0.310 e. The fourth-order valence-corrected chi connectivity index (χ4v) is 8.06. The molecule has 9 aromatic rings. The third-order valence-corrected chi connectivity index (χ3v) is 10.2. The van der Waals surface area contributed by atoms with Gasteiger partial charge in [-0.1, -0.05) is 121 Å². The van der Waals surface area contributed by atoms with Gasteiger partial charge in [0.05, 0.1) is 26.3 Å².